The summed E-state index contributed by atoms with van der Waals surface area (Å²) < 4.78 is 34.2. The third-order valence-electron chi connectivity index (χ3n) is 8.92. The maximum Gasteiger partial charge on any atom is 0.306 e. The Hall–Kier alpha value is -2.26. The molecule has 0 aliphatic heterocycles. The van der Waals surface area contributed by atoms with Crippen LogP contribution in [0.4, 0.5) is 0 Å². The number of quaternary nitrogens is 1. The van der Waals surface area contributed by atoms with Crippen LogP contribution in [0.5, 0.6) is 0 Å². The van der Waals surface area contributed by atoms with Crippen LogP contribution in [0.1, 0.15) is 155 Å². The average molecular weight is 808 g/mol. The van der Waals surface area contributed by atoms with Gasteiger partial charge in [-0.15, -0.1) is 0 Å². The first-order chi connectivity index (χ1) is 27.0. The Morgan fingerprint density at radius 2 is 1.29 bits per heavy atom. The van der Waals surface area contributed by atoms with Crippen molar-refractivity contribution < 1.29 is 42.4 Å². The van der Waals surface area contributed by atoms with Gasteiger partial charge in [0.05, 0.1) is 40.1 Å². The van der Waals surface area contributed by atoms with Gasteiger partial charge in [-0.3, -0.25) is 9.36 Å². The topological polar surface area (TPSA) is 114 Å². The summed E-state index contributed by atoms with van der Waals surface area (Å²) in [4.78, 5) is 25.0. The van der Waals surface area contributed by atoms with E-state index in [4.69, 9.17) is 18.5 Å². The second-order valence-electron chi connectivity index (χ2n) is 15.6. The number of likely N-dealkylation sites (N-methyl/N-ethyl adjacent to an activating group) is 1. The molecule has 0 saturated carbocycles. The number of hydrogen-bond acceptors (Lipinski definition) is 8. The molecule has 0 aliphatic carbocycles. The number of carbonyl (C=O) groups excluding carboxylic acids is 1. The Morgan fingerprint density at radius 3 is 1.91 bits per heavy atom. The number of carbonyl (C=O) groups is 1. The monoisotopic (exact) mass is 808 g/mol. The van der Waals surface area contributed by atoms with E-state index in [9.17, 15) is 19.4 Å². The van der Waals surface area contributed by atoms with Crippen LogP contribution in [0, 0.1) is 0 Å². The van der Waals surface area contributed by atoms with Crippen LogP contribution in [0.25, 0.3) is 0 Å². The number of allylic oxidation sites excluding steroid dienone is 9. The van der Waals surface area contributed by atoms with Crippen LogP contribution in [0.2, 0.25) is 0 Å². The van der Waals surface area contributed by atoms with Crippen molar-refractivity contribution in [2.75, 3.05) is 47.5 Å². The molecule has 0 aliphatic rings. The number of ether oxygens (including phenoxy) is 2. The standard InChI is InChI=1S/C46H82NO8P/c1-6-8-10-12-14-16-18-19-20-21-22-23-25-27-31-35-40-52-42-45(43-54-56(50,51)53-41-39-47(3,4)5)55-46(49)38-34-30-29-33-37-44(48)36-32-28-26-24-17-15-13-11-9-7-2/h9,11,15,17,26,28-29,32-33,35-36,40,44-45,48H,6-8,10,12-14,16,18-25,27,30-31,34,37-39,41-43H2,1-5H3/b11-9-,17-15-,28-26-,33-29-,36-32+,40-35-. The van der Waals surface area contributed by atoms with E-state index in [0.717, 1.165) is 32.1 Å². The summed E-state index contributed by atoms with van der Waals surface area (Å²) >= 11 is 0. The van der Waals surface area contributed by atoms with E-state index in [-0.39, 0.29) is 19.6 Å². The summed E-state index contributed by atoms with van der Waals surface area (Å²) in [5.74, 6) is -0.462. The summed E-state index contributed by atoms with van der Waals surface area (Å²) in [5.41, 5.74) is 0. The van der Waals surface area contributed by atoms with Crippen LogP contribution in [0.15, 0.2) is 73.1 Å². The molecule has 0 amide bonds. The lowest BCUT2D eigenvalue weighted by Crippen LogP contribution is -2.37. The summed E-state index contributed by atoms with van der Waals surface area (Å²) in [6, 6.07) is 0. The van der Waals surface area contributed by atoms with Gasteiger partial charge in [-0.1, -0.05) is 158 Å². The Bertz CT molecular complexity index is 1140. The molecule has 0 radical (unpaired) electrons. The molecule has 0 aromatic heterocycles. The molecule has 0 fully saturated rings. The summed E-state index contributed by atoms with van der Waals surface area (Å²) in [7, 11) is 1.22. The highest BCUT2D eigenvalue weighted by molar-refractivity contribution is 7.45. The second-order valence-corrected chi connectivity index (χ2v) is 17.0. The minimum absolute atomic E-state index is 0.0133. The predicted octanol–water partition coefficient (Wildman–Crippen LogP) is 11.4. The fraction of sp³-hybridized carbons (Fsp3) is 0.717. The number of rotatable bonds is 39. The number of phosphoric acid groups is 1. The van der Waals surface area contributed by atoms with Gasteiger partial charge >= 0.3 is 5.97 Å². The molecule has 0 heterocycles. The van der Waals surface area contributed by atoms with Gasteiger partial charge in [0.2, 0.25) is 0 Å². The zero-order valence-electron chi connectivity index (χ0n) is 36.2. The zero-order chi connectivity index (χ0) is 41.4. The number of hydrogen-bond donors (Lipinski definition) is 1. The fourth-order valence-electron chi connectivity index (χ4n) is 5.51. The number of phosphoric ester groups is 1. The normalized spacial score (nSPS) is 15.0. The van der Waals surface area contributed by atoms with E-state index >= 15 is 0 Å². The highest BCUT2D eigenvalue weighted by atomic mass is 31.2. The summed E-state index contributed by atoms with van der Waals surface area (Å²) in [6.45, 7) is 4.43. The van der Waals surface area contributed by atoms with Crippen LogP contribution in [-0.4, -0.2) is 75.3 Å². The van der Waals surface area contributed by atoms with Crippen molar-refractivity contribution in [3.63, 3.8) is 0 Å². The van der Waals surface area contributed by atoms with E-state index in [1.807, 2.05) is 57.6 Å². The van der Waals surface area contributed by atoms with Gasteiger partial charge in [0, 0.05) is 6.42 Å². The molecule has 0 rings (SSSR count). The highest BCUT2D eigenvalue weighted by Crippen LogP contribution is 2.38. The Morgan fingerprint density at radius 1 is 0.696 bits per heavy atom. The van der Waals surface area contributed by atoms with E-state index in [1.54, 1.807) is 12.3 Å². The van der Waals surface area contributed by atoms with Crippen molar-refractivity contribution in [2.45, 2.75) is 167 Å². The molecule has 3 unspecified atom stereocenters. The lowest BCUT2D eigenvalue weighted by Gasteiger charge is -2.28. The number of unbranched alkanes of at least 4 members (excludes halogenated alkanes) is 15. The molecule has 0 bridgehead atoms. The van der Waals surface area contributed by atoms with E-state index in [2.05, 4.69) is 38.2 Å². The van der Waals surface area contributed by atoms with Crippen LogP contribution < -0.4 is 4.89 Å². The van der Waals surface area contributed by atoms with Gasteiger partial charge in [-0.25, -0.2) is 0 Å². The minimum Gasteiger partial charge on any atom is -0.756 e. The van der Waals surface area contributed by atoms with Crippen LogP contribution >= 0.6 is 7.82 Å². The second kappa shape index (κ2) is 38.3. The van der Waals surface area contributed by atoms with Crippen molar-refractivity contribution in [3.05, 3.63) is 73.1 Å². The summed E-state index contributed by atoms with van der Waals surface area (Å²) in [5, 5.41) is 10.2. The van der Waals surface area contributed by atoms with Crippen molar-refractivity contribution in [2.24, 2.45) is 0 Å². The lowest BCUT2D eigenvalue weighted by molar-refractivity contribution is -0.870. The molecule has 0 saturated heterocycles. The maximum atomic E-state index is 12.6. The molecule has 10 heteroatoms. The molecule has 324 valence electrons. The van der Waals surface area contributed by atoms with Gasteiger partial charge < -0.3 is 33.0 Å². The van der Waals surface area contributed by atoms with E-state index in [0.29, 0.717) is 30.3 Å². The number of aliphatic hydroxyl groups excluding tert-OH is 1. The number of aliphatic hydroxyl groups is 1. The van der Waals surface area contributed by atoms with Gasteiger partial charge in [0.25, 0.3) is 7.82 Å². The van der Waals surface area contributed by atoms with Crippen molar-refractivity contribution in [1.29, 1.82) is 0 Å². The molecular weight excluding hydrogens is 725 g/mol. The molecule has 3 atom stereocenters. The van der Waals surface area contributed by atoms with Crippen molar-refractivity contribution >= 4 is 13.8 Å². The fourth-order valence-corrected chi connectivity index (χ4v) is 6.24. The predicted molar refractivity (Wildman–Crippen MR) is 232 cm³/mol. The van der Waals surface area contributed by atoms with Gasteiger partial charge in [0.1, 0.15) is 19.8 Å². The van der Waals surface area contributed by atoms with Crippen molar-refractivity contribution in [3.8, 4) is 0 Å². The van der Waals surface area contributed by atoms with E-state index in [1.165, 1.54) is 83.5 Å². The van der Waals surface area contributed by atoms with Gasteiger partial charge in [-0.2, -0.15) is 0 Å². The molecule has 9 nitrogen and oxygen atoms in total. The first kappa shape index (κ1) is 53.7. The van der Waals surface area contributed by atoms with Gasteiger partial charge in [0.15, 0.2) is 6.10 Å². The zero-order valence-corrected chi connectivity index (χ0v) is 37.1. The van der Waals surface area contributed by atoms with Crippen molar-refractivity contribution in [1.82, 2.24) is 0 Å². The molecule has 0 aromatic carbocycles. The smallest absolute Gasteiger partial charge is 0.306 e. The first-order valence-electron chi connectivity index (χ1n) is 21.8. The molecular formula is C46H82NO8P. The number of nitrogens with zero attached hydrogens (tertiary/aromatic N) is 1. The highest BCUT2D eigenvalue weighted by Gasteiger charge is 2.20. The summed E-state index contributed by atoms with van der Waals surface area (Å²) in [6.07, 6.45) is 46.1. The number of esters is 1. The SMILES string of the molecule is CC/C=C\C/C=C\C/C=C\C=C\C(O)C/C=C\CCCC(=O)OC(CO/C=C\CCCCCCCCCCCCCCCC)COP(=O)([O-])OCC[N+](C)(C)C. The average Bonchev–Trinajstić information content (AvgIpc) is 3.14. The lowest BCUT2D eigenvalue weighted by atomic mass is 10.0. The third-order valence-corrected chi connectivity index (χ3v) is 9.88. The maximum absolute atomic E-state index is 12.6. The Kier molecular flexibility index (Phi) is 36.7. The Labute approximate surface area is 343 Å². The molecule has 1 N–H and O–H groups in total. The first-order valence-corrected chi connectivity index (χ1v) is 23.3. The van der Waals surface area contributed by atoms with Crippen LogP contribution in [0.3, 0.4) is 0 Å². The Balaban J connectivity index is 4.49. The largest absolute Gasteiger partial charge is 0.756 e. The molecule has 0 spiro atoms. The van der Waals surface area contributed by atoms with Crippen LogP contribution in [-0.2, 0) is 27.9 Å². The van der Waals surface area contributed by atoms with E-state index < -0.39 is 32.6 Å². The minimum atomic E-state index is -4.58. The van der Waals surface area contributed by atoms with Gasteiger partial charge in [-0.05, 0) is 57.4 Å². The molecule has 0 aromatic rings. The molecule has 56 heavy (non-hydrogen) atoms. The quantitative estimate of drug-likeness (QED) is 0.0124. The third kappa shape index (κ3) is 41.4.